The highest BCUT2D eigenvalue weighted by Gasteiger charge is 2.26. The minimum absolute atomic E-state index is 0.136. The van der Waals surface area contributed by atoms with Crippen LogP contribution in [0.5, 0.6) is 0 Å². The van der Waals surface area contributed by atoms with Gasteiger partial charge in [-0.1, -0.05) is 49.3 Å². The number of aromatic nitrogens is 2. The minimum Gasteiger partial charge on any atom is -0.347 e. The molecule has 7 nitrogen and oxygen atoms in total. The van der Waals surface area contributed by atoms with Crippen LogP contribution in [0.3, 0.4) is 0 Å². The maximum Gasteiger partial charge on any atom is 0.259 e. The summed E-state index contributed by atoms with van der Waals surface area (Å²) in [4.78, 5) is 31.8. The van der Waals surface area contributed by atoms with E-state index in [4.69, 9.17) is 4.52 Å². The number of likely N-dealkylation sites (N-methyl/N-ethyl adjacent to an activating group) is 1. The van der Waals surface area contributed by atoms with Crippen molar-refractivity contribution in [3.63, 3.8) is 0 Å². The van der Waals surface area contributed by atoms with E-state index in [0.717, 1.165) is 5.56 Å². The first kappa shape index (κ1) is 20.5. The van der Waals surface area contributed by atoms with Crippen molar-refractivity contribution in [1.29, 1.82) is 0 Å². The van der Waals surface area contributed by atoms with Gasteiger partial charge in [0.1, 0.15) is 6.04 Å². The lowest BCUT2D eigenvalue weighted by Crippen LogP contribution is -2.47. The summed E-state index contributed by atoms with van der Waals surface area (Å²) in [5, 5.41) is 7.44. The number of hydrogen-bond donors (Lipinski definition) is 1. The van der Waals surface area contributed by atoms with Gasteiger partial charge in [0, 0.05) is 19.7 Å². The first-order valence-electron chi connectivity index (χ1n) is 9.62. The highest BCUT2D eigenvalue weighted by molar-refractivity contribution is 6.08. The molecule has 29 heavy (non-hydrogen) atoms. The van der Waals surface area contributed by atoms with Crippen molar-refractivity contribution in [3.05, 3.63) is 47.7 Å². The van der Waals surface area contributed by atoms with Gasteiger partial charge in [-0.3, -0.25) is 9.59 Å². The van der Waals surface area contributed by atoms with E-state index in [1.807, 2.05) is 44.2 Å². The summed E-state index contributed by atoms with van der Waals surface area (Å²) < 4.78 is 5.34. The Bertz CT molecular complexity index is 1030. The van der Waals surface area contributed by atoms with E-state index in [0.29, 0.717) is 34.5 Å². The first-order valence-corrected chi connectivity index (χ1v) is 9.62. The number of pyridine rings is 1. The summed E-state index contributed by atoms with van der Waals surface area (Å²) in [6.07, 6.45) is 0.547. The molecule has 1 atom stereocenters. The van der Waals surface area contributed by atoms with Crippen molar-refractivity contribution in [2.75, 3.05) is 14.1 Å². The van der Waals surface area contributed by atoms with Gasteiger partial charge < -0.3 is 14.7 Å². The summed E-state index contributed by atoms with van der Waals surface area (Å²) in [5.41, 5.74) is 2.75. The van der Waals surface area contributed by atoms with Gasteiger partial charge in [-0.15, -0.1) is 0 Å². The third-order valence-corrected chi connectivity index (χ3v) is 4.68. The van der Waals surface area contributed by atoms with Crippen molar-refractivity contribution in [2.45, 2.75) is 33.2 Å². The van der Waals surface area contributed by atoms with Crippen LogP contribution in [0, 0.1) is 12.8 Å². The molecule has 0 unspecified atom stereocenters. The van der Waals surface area contributed by atoms with E-state index >= 15 is 0 Å². The van der Waals surface area contributed by atoms with Crippen LogP contribution >= 0.6 is 0 Å². The fraction of sp³-hybridized carbons (Fsp3) is 0.364. The van der Waals surface area contributed by atoms with Crippen molar-refractivity contribution in [1.82, 2.24) is 20.4 Å². The van der Waals surface area contributed by atoms with Crippen LogP contribution in [-0.2, 0) is 4.79 Å². The maximum atomic E-state index is 13.2. The van der Waals surface area contributed by atoms with Gasteiger partial charge in [-0.25, -0.2) is 4.98 Å². The number of rotatable bonds is 6. The molecule has 0 fully saturated rings. The largest absolute Gasteiger partial charge is 0.347 e. The molecule has 0 aliphatic heterocycles. The summed E-state index contributed by atoms with van der Waals surface area (Å²) in [5.74, 6) is -0.233. The second kappa shape index (κ2) is 8.43. The molecule has 3 rings (SSSR count). The van der Waals surface area contributed by atoms with Gasteiger partial charge >= 0.3 is 0 Å². The summed E-state index contributed by atoms with van der Waals surface area (Å²) >= 11 is 0. The Labute approximate surface area is 170 Å². The lowest BCUT2D eigenvalue weighted by molar-refractivity contribution is -0.131. The predicted octanol–water partition coefficient (Wildman–Crippen LogP) is 3.43. The van der Waals surface area contributed by atoms with Crippen LogP contribution in [-0.4, -0.2) is 47.0 Å². The van der Waals surface area contributed by atoms with Gasteiger partial charge in [0.2, 0.25) is 5.91 Å². The van der Waals surface area contributed by atoms with E-state index in [1.165, 1.54) is 4.90 Å². The number of carbonyl (C=O) groups is 2. The highest BCUT2D eigenvalue weighted by atomic mass is 16.5. The minimum atomic E-state index is -0.610. The average Bonchev–Trinajstić information content (AvgIpc) is 3.07. The molecule has 1 aromatic carbocycles. The van der Waals surface area contributed by atoms with E-state index < -0.39 is 6.04 Å². The van der Waals surface area contributed by atoms with E-state index in [-0.39, 0.29) is 17.7 Å². The van der Waals surface area contributed by atoms with Gasteiger partial charge in [-0.2, -0.15) is 0 Å². The monoisotopic (exact) mass is 394 g/mol. The SMILES string of the molecule is Cc1noc2nc(-c3ccccc3)cc(C(=O)N[C@@H](CC(C)C)C(=O)N(C)C)c12. The normalized spacial score (nSPS) is 12.2. The Morgan fingerprint density at radius 3 is 2.48 bits per heavy atom. The molecule has 0 radical (unpaired) electrons. The zero-order valence-electron chi connectivity index (χ0n) is 17.4. The molecule has 0 saturated carbocycles. The first-order chi connectivity index (χ1) is 13.8. The molecule has 0 saturated heterocycles. The molecule has 0 bridgehead atoms. The van der Waals surface area contributed by atoms with Crippen LogP contribution in [0.1, 0.15) is 36.3 Å². The average molecular weight is 394 g/mol. The Morgan fingerprint density at radius 1 is 1.17 bits per heavy atom. The van der Waals surface area contributed by atoms with E-state index in [2.05, 4.69) is 15.5 Å². The van der Waals surface area contributed by atoms with Crippen LogP contribution in [0.25, 0.3) is 22.4 Å². The summed E-state index contributed by atoms with van der Waals surface area (Å²) in [6, 6.07) is 10.7. The number of nitrogens with zero attached hydrogens (tertiary/aromatic N) is 3. The van der Waals surface area contributed by atoms with E-state index in [9.17, 15) is 9.59 Å². The maximum absolute atomic E-state index is 13.2. The molecular formula is C22H26N4O3. The van der Waals surface area contributed by atoms with Crippen LogP contribution in [0.4, 0.5) is 0 Å². The Kier molecular flexibility index (Phi) is 5.96. The van der Waals surface area contributed by atoms with Crippen molar-refractivity contribution in [3.8, 4) is 11.3 Å². The zero-order chi connectivity index (χ0) is 21.1. The number of hydrogen-bond acceptors (Lipinski definition) is 5. The van der Waals surface area contributed by atoms with Gasteiger partial charge in [0.05, 0.1) is 22.3 Å². The summed E-state index contributed by atoms with van der Waals surface area (Å²) in [7, 11) is 3.37. The molecule has 1 N–H and O–H groups in total. The van der Waals surface area contributed by atoms with Crippen molar-refractivity contribution < 1.29 is 14.1 Å². The van der Waals surface area contributed by atoms with Crippen LogP contribution < -0.4 is 5.32 Å². The number of nitrogens with one attached hydrogen (secondary N) is 1. The topological polar surface area (TPSA) is 88.3 Å². The molecule has 2 aromatic heterocycles. The molecule has 7 heteroatoms. The van der Waals surface area contributed by atoms with Gasteiger partial charge in [0.25, 0.3) is 11.6 Å². The molecule has 3 aromatic rings. The predicted molar refractivity (Wildman–Crippen MR) is 111 cm³/mol. The lowest BCUT2D eigenvalue weighted by atomic mass is 10.0. The second-order valence-corrected chi connectivity index (χ2v) is 7.76. The summed E-state index contributed by atoms with van der Waals surface area (Å²) in [6.45, 7) is 5.80. The fourth-order valence-electron chi connectivity index (χ4n) is 3.27. The molecule has 2 amide bonds. The fourth-order valence-corrected chi connectivity index (χ4v) is 3.27. The Balaban J connectivity index is 2.03. The quantitative estimate of drug-likeness (QED) is 0.692. The molecular weight excluding hydrogens is 368 g/mol. The Morgan fingerprint density at radius 2 is 1.86 bits per heavy atom. The number of benzene rings is 1. The van der Waals surface area contributed by atoms with Crippen molar-refractivity contribution >= 4 is 22.9 Å². The molecule has 0 spiro atoms. The molecule has 152 valence electrons. The van der Waals surface area contributed by atoms with E-state index in [1.54, 1.807) is 27.1 Å². The third-order valence-electron chi connectivity index (χ3n) is 4.68. The van der Waals surface area contributed by atoms with Crippen LogP contribution in [0.2, 0.25) is 0 Å². The zero-order valence-corrected chi connectivity index (χ0v) is 17.4. The lowest BCUT2D eigenvalue weighted by Gasteiger charge is -2.23. The number of fused-ring (bicyclic) bond motifs is 1. The number of aryl methyl sites for hydroxylation is 1. The molecule has 2 heterocycles. The third kappa shape index (κ3) is 4.45. The Hall–Kier alpha value is -3.22. The van der Waals surface area contributed by atoms with Gasteiger partial charge in [0.15, 0.2) is 0 Å². The number of carbonyl (C=O) groups excluding carboxylic acids is 2. The smallest absolute Gasteiger partial charge is 0.259 e. The van der Waals surface area contributed by atoms with Crippen molar-refractivity contribution in [2.24, 2.45) is 5.92 Å². The van der Waals surface area contributed by atoms with Gasteiger partial charge in [-0.05, 0) is 25.3 Å². The molecule has 0 aliphatic carbocycles. The number of amides is 2. The van der Waals surface area contributed by atoms with Crippen LogP contribution in [0.15, 0.2) is 40.9 Å². The molecule has 0 aliphatic rings. The standard InChI is InChI=1S/C22H26N4O3/c1-13(2)11-18(22(28)26(4)5)23-20(27)16-12-17(15-9-7-6-8-10-15)24-21-19(16)14(3)25-29-21/h6-10,12-13,18H,11H2,1-5H3,(H,23,27)/t18-/m0/s1. The highest BCUT2D eigenvalue weighted by Crippen LogP contribution is 2.27. The second-order valence-electron chi connectivity index (χ2n) is 7.76.